The number of carbonyl (C=O) groups is 2. The average molecular weight is 298 g/mol. The van der Waals surface area contributed by atoms with Crippen molar-refractivity contribution in [1.82, 2.24) is 9.80 Å². The Hall–Kier alpha value is -1.26. The fraction of sp³-hybridized carbons (Fsp3) is 0.875. The number of carbonyl (C=O) groups excluding carboxylic acids is 1. The minimum absolute atomic E-state index is 0.0780. The Morgan fingerprint density at radius 1 is 1.05 bits per heavy atom. The van der Waals surface area contributed by atoms with Crippen LogP contribution < -0.4 is 0 Å². The summed E-state index contributed by atoms with van der Waals surface area (Å²) in [6.45, 7) is 8.85. The van der Waals surface area contributed by atoms with Gasteiger partial charge in [-0.1, -0.05) is 27.2 Å². The van der Waals surface area contributed by atoms with E-state index in [0.29, 0.717) is 32.4 Å². The SMILES string of the molecule is CCCN(CCC)C(=O)N1CCC(CCC)(C(=O)O)CC1. The second-order valence-corrected chi connectivity index (χ2v) is 6.09. The summed E-state index contributed by atoms with van der Waals surface area (Å²) >= 11 is 0. The second-order valence-electron chi connectivity index (χ2n) is 6.09. The molecule has 0 aromatic carbocycles. The molecule has 1 aliphatic heterocycles. The predicted octanol–water partition coefficient (Wildman–Crippen LogP) is 3.20. The molecule has 0 radical (unpaired) electrons. The molecule has 0 aliphatic carbocycles. The zero-order chi connectivity index (χ0) is 15.9. The van der Waals surface area contributed by atoms with Crippen molar-refractivity contribution in [2.45, 2.75) is 59.3 Å². The lowest BCUT2D eigenvalue weighted by atomic mass is 9.75. The molecule has 0 atom stereocenters. The molecule has 1 fully saturated rings. The van der Waals surface area contributed by atoms with Gasteiger partial charge in [0.2, 0.25) is 0 Å². The molecular weight excluding hydrogens is 268 g/mol. The quantitative estimate of drug-likeness (QED) is 0.785. The van der Waals surface area contributed by atoms with E-state index in [-0.39, 0.29) is 6.03 Å². The molecule has 2 amide bonds. The maximum atomic E-state index is 12.5. The van der Waals surface area contributed by atoms with Crippen molar-refractivity contribution < 1.29 is 14.7 Å². The zero-order valence-electron chi connectivity index (χ0n) is 13.7. The molecule has 21 heavy (non-hydrogen) atoms. The normalized spacial score (nSPS) is 17.6. The van der Waals surface area contributed by atoms with Gasteiger partial charge in [-0.25, -0.2) is 4.79 Å². The molecule has 1 saturated heterocycles. The fourth-order valence-electron chi connectivity index (χ4n) is 3.22. The highest BCUT2D eigenvalue weighted by atomic mass is 16.4. The molecule has 1 heterocycles. The minimum Gasteiger partial charge on any atom is -0.481 e. The van der Waals surface area contributed by atoms with Crippen LogP contribution in [0.1, 0.15) is 59.3 Å². The van der Waals surface area contributed by atoms with E-state index in [0.717, 1.165) is 32.4 Å². The van der Waals surface area contributed by atoms with Gasteiger partial charge >= 0.3 is 12.0 Å². The van der Waals surface area contributed by atoms with Gasteiger partial charge in [-0.2, -0.15) is 0 Å². The van der Waals surface area contributed by atoms with Gasteiger partial charge in [-0.15, -0.1) is 0 Å². The molecule has 122 valence electrons. The monoisotopic (exact) mass is 298 g/mol. The Labute approximate surface area is 128 Å². The van der Waals surface area contributed by atoms with Gasteiger partial charge in [-0.05, 0) is 32.1 Å². The van der Waals surface area contributed by atoms with Crippen molar-refractivity contribution in [3.05, 3.63) is 0 Å². The fourth-order valence-corrected chi connectivity index (χ4v) is 3.22. The van der Waals surface area contributed by atoms with Gasteiger partial charge < -0.3 is 14.9 Å². The number of likely N-dealkylation sites (tertiary alicyclic amines) is 1. The van der Waals surface area contributed by atoms with Gasteiger partial charge in [0, 0.05) is 26.2 Å². The summed E-state index contributed by atoms with van der Waals surface area (Å²) < 4.78 is 0. The highest BCUT2D eigenvalue weighted by Gasteiger charge is 2.41. The summed E-state index contributed by atoms with van der Waals surface area (Å²) in [6, 6.07) is 0.0780. The number of hydrogen-bond donors (Lipinski definition) is 1. The van der Waals surface area contributed by atoms with Gasteiger partial charge in [-0.3, -0.25) is 4.79 Å². The highest BCUT2D eigenvalue weighted by Crippen LogP contribution is 2.36. The van der Waals surface area contributed by atoms with E-state index in [1.165, 1.54) is 0 Å². The maximum Gasteiger partial charge on any atom is 0.319 e. The van der Waals surface area contributed by atoms with Crippen LogP contribution in [0.3, 0.4) is 0 Å². The molecule has 1 N–H and O–H groups in total. The Morgan fingerprint density at radius 3 is 1.95 bits per heavy atom. The third-order valence-electron chi connectivity index (χ3n) is 4.43. The smallest absolute Gasteiger partial charge is 0.319 e. The lowest BCUT2D eigenvalue weighted by Gasteiger charge is -2.40. The number of urea groups is 1. The van der Waals surface area contributed by atoms with Gasteiger partial charge in [0.25, 0.3) is 0 Å². The van der Waals surface area contributed by atoms with Crippen LogP contribution in [-0.4, -0.2) is 53.1 Å². The van der Waals surface area contributed by atoms with Crippen molar-refractivity contribution in [1.29, 1.82) is 0 Å². The number of hydrogen-bond acceptors (Lipinski definition) is 2. The van der Waals surface area contributed by atoms with Crippen LogP contribution >= 0.6 is 0 Å². The maximum absolute atomic E-state index is 12.5. The largest absolute Gasteiger partial charge is 0.481 e. The first-order valence-corrected chi connectivity index (χ1v) is 8.28. The molecule has 1 rings (SSSR count). The lowest BCUT2D eigenvalue weighted by Crippen LogP contribution is -2.51. The summed E-state index contributed by atoms with van der Waals surface area (Å²) in [5.74, 6) is -0.699. The van der Waals surface area contributed by atoms with Crippen LogP contribution in [0.25, 0.3) is 0 Å². The topological polar surface area (TPSA) is 60.9 Å². The Kier molecular flexibility index (Phi) is 6.99. The molecule has 0 unspecified atom stereocenters. The number of nitrogens with zero attached hydrogens (tertiary/aromatic N) is 2. The number of amides is 2. The average Bonchev–Trinajstić information content (AvgIpc) is 2.47. The third kappa shape index (κ3) is 4.35. The predicted molar refractivity (Wildman–Crippen MR) is 83.3 cm³/mol. The molecule has 0 bridgehead atoms. The van der Waals surface area contributed by atoms with Crippen LogP contribution in [0.4, 0.5) is 4.79 Å². The molecule has 5 nitrogen and oxygen atoms in total. The number of piperidine rings is 1. The van der Waals surface area contributed by atoms with Gasteiger partial charge in [0.1, 0.15) is 0 Å². The van der Waals surface area contributed by atoms with E-state index in [4.69, 9.17) is 0 Å². The van der Waals surface area contributed by atoms with E-state index in [1.54, 1.807) is 0 Å². The molecule has 0 aromatic heterocycles. The van der Waals surface area contributed by atoms with Crippen molar-refractivity contribution in [3.8, 4) is 0 Å². The molecule has 0 aromatic rings. The molecule has 1 aliphatic rings. The molecule has 0 saturated carbocycles. The van der Waals surface area contributed by atoms with Gasteiger partial charge in [0.05, 0.1) is 5.41 Å². The molecule has 0 spiro atoms. The summed E-state index contributed by atoms with van der Waals surface area (Å²) in [7, 11) is 0. The minimum atomic E-state index is -0.699. The summed E-state index contributed by atoms with van der Waals surface area (Å²) in [4.78, 5) is 27.8. The number of carboxylic acid groups (broad SMARTS) is 1. The first-order chi connectivity index (χ1) is 10.0. The Bertz CT molecular complexity index is 343. The number of aliphatic carboxylic acids is 1. The standard InChI is InChI=1S/C16H30N2O3/c1-4-7-16(14(19)20)8-12-18(13-9-16)15(21)17(10-5-2)11-6-3/h4-13H2,1-3H3,(H,19,20). The van der Waals surface area contributed by atoms with Crippen LogP contribution in [0.2, 0.25) is 0 Å². The van der Waals surface area contributed by atoms with Crippen molar-refractivity contribution in [2.24, 2.45) is 5.41 Å². The van der Waals surface area contributed by atoms with E-state index >= 15 is 0 Å². The van der Waals surface area contributed by atoms with Gasteiger partial charge in [0.15, 0.2) is 0 Å². The van der Waals surface area contributed by atoms with E-state index in [2.05, 4.69) is 13.8 Å². The first kappa shape index (κ1) is 17.8. The number of carboxylic acids is 1. The van der Waals surface area contributed by atoms with E-state index in [1.807, 2.05) is 16.7 Å². The Balaban J connectivity index is 2.65. The highest BCUT2D eigenvalue weighted by molar-refractivity contribution is 5.77. The van der Waals surface area contributed by atoms with Crippen molar-refractivity contribution in [3.63, 3.8) is 0 Å². The van der Waals surface area contributed by atoms with Crippen molar-refractivity contribution >= 4 is 12.0 Å². The second kappa shape index (κ2) is 8.25. The van der Waals surface area contributed by atoms with Crippen LogP contribution in [0, 0.1) is 5.41 Å². The van der Waals surface area contributed by atoms with Crippen LogP contribution in [0.5, 0.6) is 0 Å². The molecule has 5 heteroatoms. The third-order valence-corrected chi connectivity index (χ3v) is 4.43. The van der Waals surface area contributed by atoms with Crippen LogP contribution in [0.15, 0.2) is 0 Å². The van der Waals surface area contributed by atoms with Crippen LogP contribution in [-0.2, 0) is 4.79 Å². The Morgan fingerprint density at radius 2 is 1.57 bits per heavy atom. The first-order valence-electron chi connectivity index (χ1n) is 8.28. The summed E-state index contributed by atoms with van der Waals surface area (Å²) in [5, 5.41) is 9.51. The van der Waals surface area contributed by atoms with E-state index < -0.39 is 11.4 Å². The lowest BCUT2D eigenvalue weighted by molar-refractivity contribution is -0.152. The summed E-state index contributed by atoms with van der Waals surface area (Å²) in [6.07, 6.45) is 4.64. The van der Waals surface area contributed by atoms with Crippen molar-refractivity contribution in [2.75, 3.05) is 26.2 Å². The zero-order valence-corrected chi connectivity index (χ0v) is 13.7. The molecular formula is C16H30N2O3. The summed E-state index contributed by atoms with van der Waals surface area (Å²) in [5.41, 5.74) is -0.619. The van der Waals surface area contributed by atoms with E-state index in [9.17, 15) is 14.7 Å². The number of rotatable bonds is 7.